The van der Waals surface area contributed by atoms with Gasteiger partial charge in [0.25, 0.3) is 0 Å². The Morgan fingerprint density at radius 3 is 2.17 bits per heavy atom. The molecule has 3 rings (SSSR count). The Kier molecular flexibility index (Phi) is 12.3. The molecular formula is C34H45F3N6O5. The summed E-state index contributed by atoms with van der Waals surface area (Å²) in [7, 11) is 3.06. The first-order chi connectivity index (χ1) is 22.3. The van der Waals surface area contributed by atoms with Gasteiger partial charge >= 0.3 is 12.3 Å². The summed E-state index contributed by atoms with van der Waals surface area (Å²) in [6.07, 6.45) is -2.28. The number of imidazole rings is 1. The van der Waals surface area contributed by atoms with Crippen LogP contribution >= 0.6 is 0 Å². The first-order valence-corrected chi connectivity index (χ1v) is 15.5. The van der Waals surface area contributed by atoms with Gasteiger partial charge in [-0.2, -0.15) is 13.2 Å². The van der Waals surface area contributed by atoms with Crippen LogP contribution in [0.4, 0.5) is 23.8 Å². The van der Waals surface area contributed by atoms with Crippen LogP contribution in [0.1, 0.15) is 70.2 Å². The van der Waals surface area contributed by atoms with Gasteiger partial charge in [0.15, 0.2) is 0 Å². The number of aliphatic hydroxyl groups excluding tert-OH is 1. The number of hydrogen-bond donors (Lipinski definition) is 4. The number of aryl methyl sites for hydroxylation is 1. The lowest BCUT2D eigenvalue weighted by Crippen LogP contribution is -2.59. The van der Waals surface area contributed by atoms with Crippen molar-refractivity contribution in [3.05, 3.63) is 83.8 Å². The van der Waals surface area contributed by atoms with Crippen molar-refractivity contribution in [1.29, 1.82) is 0 Å². The molecule has 3 amide bonds. The molecule has 0 saturated heterocycles. The number of anilines is 1. The Labute approximate surface area is 278 Å². The molecule has 0 aliphatic carbocycles. The number of rotatable bonds is 13. The van der Waals surface area contributed by atoms with Crippen molar-refractivity contribution in [2.75, 3.05) is 19.4 Å². The highest BCUT2D eigenvalue weighted by atomic mass is 19.4. The lowest BCUT2D eigenvalue weighted by molar-refractivity contribution is -0.137. The fraction of sp³-hybridized carbons (Fsp3) is 0.471. The average Bonchev–Trinajstić information content (AvgIpc) is 3.43. The first kappa shape index (κ1) is 37.9. The SMILES string of the molecule is CN(C)C(=O)C(c1ccc(C(F)(F)F)cc1)n1cnc(NC(O)C(CCCc2ccccc2)NC(=O)C(C)(C)NC(=O)OC(C)(C)C)c1. The molecule has 0 spiro atoms. The van der Waals surface area contributed by atoms with Crippen molar-refractivity contribution < 1.29 is 37.4 Å². The van der Waals surface area contributed by atoms with Gasteiger partial charge < -0.3 is 35.3 Å². The maximum atomic E-state index is 13.4. The van der Waals surface area contributed by atoms with Gasteiger partial charge in [-0.05, 0) is 77.1 Å². The van der Waals surface area contributed by atoms with Crippen LogP contribution < -0.4 is 16.0 Å². The number of hydrogen-bond acceptors (Lipinski definition) is 7. The molecule has 262 valence electrons. The van der Waals surface area contributed by atoms with E-state index in [1.807, 2.05) is 30.3 Å². The van der Waals surface area contributed by atoms with Gasteiger partial charge in [-0.3, -0.25) is 9.59 Å². The molecule has 1 aromatic heterocycles. The lowest BCUT2D eigenvalue weighted by atomic mass is 10.0. The number of aromatic nitrogens is 2. The van der Waals surface area contributed by atoms with Gasteiger partial charge in [-0.15, -0.1) is 0 Å². The number of aliphatic hydroxyl groups is 1. The highest BCUT2D eigenvalue weighted by Gasteiger charge is 2.35. The standard InChI is InChI=1S/C34H45F3N6O5/c1-32(2,3)48-31(47)41-33(4,5)30(46)39-25(15-11-14-22-12-9-8-10-13-22)28(44)40-26-20-43(21-38-26)27(29(45)42(6)7)23-16-18-24(19-17-23)34(35,36)37/h8-10,12-13,16-21,25,27-28,40,44H,11,14-15H2,1-7H3,(H,39,46)(H,41,47). The van der Waals surface area contributed by atoms with Crippen molar-refractivity contribution in [3.63, 3.8) is 0 Å². The molecule has 1 heterocycles. The van der Waals surface area contributed by atoms with E-state index >= 15 is 0 Å². The van der Waals surface area contributed by atoms with E-state index < -0.39 is 59.1 Å². The minimum absolute atomic E-state index is 0.152. The lowest BCUT2D eigenvalue weighted by Gasteiger charge is -2.31. The minimum Gasteiger partial charge on any atom is -0.444 e. The van der Waals surface area contributed by atoms with E-state index in [1.54, 1.807) is 20.8 Å². The molecule has 2 aromatic carbocycles. The smallest absolute Gasteiger partial charge is 0.416 e. The molecule has 0 bridgehead atoms. The maximum Gasteiger partial charge on any atom is 0.416 e. The Morgan fingerprint density at radius 1 is 0.979 bits per heavy atom. The summed E-state index contributed by atoms with van der Waals surface area (Å²) in [5, 5.41) is 19.6. The molecule has 3 atom stereocenters. The predicted octanol–water partition coefficient (Wildman–Crippen LogP) is 5.12. The fourth-order valence-corrected chi connectivity index (χ4v) is 4.79. The van der Waals surface area contributed by atoms with Gasteiger partial charge in [-0.25, -0.2) is 9.78 Å². The molecule has 0 saturated carbocycles. The molecule has 0 radical (unpaired) electrons. The number of ether oxygens (including phenoxy) is 1. The Bertz CT molecular complexity index is 1520. The van der Waals surface area contributed by atoms with Crippen LogP contribution in [0.5, 0.6) is 0 Å². The molecule has 3 aromatic rings. The monoisotopic (exact) mass is 674 g/mol. The molecule has 0 aliphatic rings. The third kappa shape index (κ3) is 11.0. The predicted molar refractivity (Wildman–Crippen MR) is 175 cm³/mol. The molecule has 11 nitrogen and oxygen atoms in total. The second kappa shape index (κ2) is 15.5. The molecule has 0 aliphatic heterocycles. The Morgan fingerprint density at radius 2 is 1.60 bits per heavy atom. The van der Waals surface area contributed by atoms with Crippen LogP contribution in [0, 0.1) is 0 Å². The molecule has 0 fully saturated rings. The van der Waals surface area contributed by atoms with E-state index in [4.69, 9.17) is 4.74 Å². The molecular weight excluding hydrogens is 629 g/mol. The normalized spacial score (nSPS) is 14.0. The fourth-order valence-electron chi connectivity index (χ4n) is 4.79. The first-order valence-electron chi connectivity index (χ1n) is 15.5. The number of carbonyl (C=O) groups is 3. The minimum atomic E-state index is -4.53. The number of alkyl halides is 3. The number of carbonyl (C=O) groups excluding carboxylic acids is 3. The molecule has 3 unspecified atom stereocenters. The van der Waals surface area contributed by atoms with Gasteiger partial charge in [0.1, 0.15) is 29.2 Å². The third-order valence-electron chi connectivity index (χ3n) is 7.33. The van der Waals surface area contributed by atoms with Gasteiger partial charge in [-0.1, -0.05) is 42.5 Å². The molecule has 14 heteroatoms. The second-order valence-electron chi connectivity index (χ2n) is 13.3. The van der Waals surface area contributed by atoms with Crippen molar-refractivity contribution in [2.24, 2.45) is 0 Å². The summed E-state index contributed by atoms with van der Waals surface area (Å²) >= 11 is 0. The van der Waals surface area contributed by atoms with E-state index in [0.29, 0.717) is 24.8 Å². The number of alkyl carbamates (subject to hydrolysis) is 1. The van der Waals surface area contributed by atoms with Crippen LogP contribution in [-0.2, 0) is 26.9 Å². The van der Waals surface area contributed by atoms with Gasteiger partial charge in [0.2, 0.25) is 11.8 Å². The molecule has 48 heavy (non-hydrogen) atoms. The topological polar surface area (TPSA) is 138 Å². The zero-order valence-electron chi connectivity index (χ0n) is 28.3. The van der Waals surface area contributed by atoms with E-state index in [9.17, 15) is 32.7 Å². The maximum absolute atomic E-state index is 13.4. The van der Waals surface area contributed by atoms with Crippen molar-refractivity contribution in [2.45, 2.75) is 89.5 Å². The van der Waals surface area contributed by atoms with E-state index in [2.05, 4.69) is 20.9 Å². The number of nitrogens with zero attached hydrogens (tertiary/aromatic N) is 3. The Hall–Kier alpha value is -4.59. The van der Waals surface area contributed by atoms with Crippen LogP contribution in [0.2, 0.25) is 0 Å². The summed E-state index contributed by atoms with van der Waals surface area (Å²) in [5.74, 6) is -0.826. The van der Waals surface area contributed by atoms with E-state index in [-0.39, 0.29) is 5.82 Å². The number of amides is 3. The number of likely N-dealkylation sites (N-methyl/N-ethyl adjacent to an activating group) is 1. The van der Waals surface area contributed by atoms with Crippen LogP contribution in [0.3, 0.4) is 0 Å². The zero-order chi connectivity index (χ0) is 35.9. The number of nitrogens with one attached hydrogen (secondary N) is 3. The third-order valence-corrected chi connectivity index (χ3v) is 7.33. The van der Waals surface area contributed by atoms with Crippen LogP contribution in [-0.4, -0.2) is 75.0 Å². The van der Waals surface area contributed by atoms with E-state index in [1.165, 1.54) is 62.1 Å². The van der Waals surface area contributed by atoms with Crippen molar-refractivity contribution >= 4 is 23.7 Å². The van der Waals surface area contributed by atoms with Crippen LogP contribution in [0.15, 0.2) is 67.1 Å². The second-order valence-corrected chi connectivity index (χ2v) is 13.3. The van der Waals surface area contributed by atoms with Gasteiger partial charge in [0, 0.05) is 20.3 Å². The zero-order valence-corrected chi connectivity index (χ0v) is 28.3. The summed E-state index contributed by atoms with van der Waals surface area (Å²) in [5.41, 5.74) is -1.64. The average molecular weight is 675 g/mol. The summed E-state index contributed by atoms with van der Waals surface area (Å²) in [6, 6.07) is 12.1. The van der Waals surface area contributed by atoms with E-state index in [0.717, 1.165) is 17.7 Å². The Balaban J connectivity index is 1.81. The quantitative estimate of drug-likeness (QED) is 0.185. The highest BCUT2D eigenvalue weighted by molar-refractivity contribution is 5.89. The number of benzene rings is 2. The molecule has 4 N–H and O–H groups in total. The van der Waals surface area contributed by atoms with Crippen molar-refractivity contribution in [3.8, 4) is 0 Å². The summed E-state index contributed by atoms with van der Waals surface area (Å²) in [6.45, 7) is 8.13. The van der Waals surface area contributed by atoms with Gasteiger partial charge in [0.05, 0.1) is 17.9 Å². The highest BCUT2D eigenvalue weighted by Crippen LogP contribution is 2.31. The summed E-state index contributed by atoms with van der Waals surface area (Å²) in [4.78, 5) is 44.6. The van der Waals surface area contributed by atoms with Crippen molar-refractivity contribution in [1.82, 2.24) is 25.1 Å². The largest absolute Gasteiger partial charge is 0.444 e. The summed E-state index contributed by atoms with van der Waals surface area (Å²) < 4.78 is 46.2. The van der Waals surface area contributed by atoms with Crippen LogP contribution in [0.25, 0.3) is 0 Å². The number of halogens is 3.